The van der Waals surface area contributed by atoms with Crippen LogP contribution >= 0.6 is 11.6 Å². The second-order valence-corrected chi connectivity index (χ2v) is 6.82. The predicted octanol–water partition coefficient (Wildman–Crippen LogP) is 5.10. The number of rotatable bonds is 7. The quantitative estimate of drug-likeness (QED) is 0.555. The van der Waals surface area contributed by atoms with Gasteiger partial charge in [0.25, 0.3) is 0 Å². The molecule has 1 heterocycles. The molecule has 0 aliphatic rings. The average molecular weight is 387 g/mol. The van der Waals surface area contributed by atoms with Crippen molar-refractivity contribution in [3.8, 4) is 11.3 Å². The maximum atomic E-state index is 15.2. The fourth-order valence-electron chi connectivity index (χ4n) is 2.71. The number of hydrogen-bond acceptors (Lipinski definition) is 3. The maximum absolute atomic E-state index is 15.2. The van der Waals surface area contributed by atoms with Crippen molar-refractivity contribution >= 4 is 29.4 Å². The number of amides is 1. The molecule has 0 spiro atoms. The number of anilines is 2. The van der Waals surface area contributed by atoms with E-state index in [1.165, 1.54) is 12.1 Å². The van der Waals surface area contributed by atoms with Gasteiger partial charge < -0.3 is 10.6 Å². The third kappa shape index (κ3) is 4.28. The maximum Gasteiger partial charge on any atom is 0.211 e. The van der Waals surface area contributed by atoms with Gasteiger partial charge in [0.05, 0.1) is 11.4 Å². The fourth-order valence-corrected chi connectivity index (χ4v) is 2.93. The topological polar surface area (TPSA) is 59.0 Å². The minimum atomic E-state index is -0.474. The first kappa shape index (κ1) is 18.9. The molecule has 0 aliphatic carbocycles. The highest BCUT2D eigenvalue weighted by Gasteiger charge is 2.19. The fraction of sp³-hybridized carbons (Fsp3) is 0.200. The number of benzene rings is 2. The van der Waals surface area contributed by atoms with Crippen molar-refractivity contribution in [1.82, 2.24) is 9.78 Å². The van der Waals surface area contributed by atoms with Crippen molar-refractivity contribution < 1.29 is 9.18 Å². The monoisotopic (exact) mass is 386 g/mol. The summed E-state index contributed by atoms with van der Waals surface area (Å²) >= 11 is 6.22. The molecule has 2 N–H and O–H groups in total. The second kappa shape index (κ2) is 8.22. The zero-order valence-corrected chi connectivity index (χ0v) is 15.8. The third-order valence-corrected chi connectivity index (χ3v) is 4.31. The van der Waals surface area contributed by atoms with Crippen LogP contribution in [0.4, 0.5) is 15.8 Å². The molecular formula is C20H20ClFN4O. The van der Waals surface area contributed by atoms with Gasteiger partial charge in [0, 0.05) is 29.4 Å². The Morgan fingerprint density at radius 3 is 2.63 bits per heavy atom. The van der Waals surface area contributed by atoms with Crippen LogP contribution in [-0.4, -0.2) is 16.2 Å². The van der Waals surface area contributed by atoms with Gasteiger partial charge in [0.1, 0.15) is 5.69 Å². The van der Waals surface area contributed by atoms with E-state index in [2.05, 4.69) is 15.7 Å². The summed E-state index contributed by atoms with van der Waals surface area (Å²) in [7, 11) is 0. The van der Waals surface area contributed by atoms with Gasteiger partial charge in [-0.05, 0) is 31.5 Å². The van der Waals surface area contributed by atoms with Crippen molar-refractivity contribution in [3.05, 3.63) is 65.1 Å². The van der Waals surface area contributed by atoms with Gasteiger partial charge in [0.2, 0.25) is 6.41 Å². The Hall–Kier alpha value is -2.86. The van der Waals surface area contributed by atoms with Crippen molar-refractivity contribution in [1.29, 1.82) is 0 Å². The normalized spacial score (nSPS) is 10.9. The molecule has 0 unspecified atom stereocenters. The molecule has 0 radical (unpaired) electrons. The molecule has 0 aliphatic heterocycles. The summed E-state index contributed by atoms with van der Waals surface area (Å²) in [6, 6.07) is 12.8. The first-order chi connectivity index (χ1) is 13.0. The summed E-state index contributed by atoms with van der Waals surface area (Å²) in [6.07, 6.45) is 2.22. The van der Waals surface area contributed by atoms with E-state index in [0.29, 0.717) is 29.4 Å². The lowest BCUT2D eigenvalue weighted by Crippen LogP contribution is -2.04. The highest BCUT2D eigenvalue weighted by Crippen LogP contribution is 2.35. The van der Waals surface area contributed by atoms with Gasteiger partial charge in [0.15, 0.2) is 5.82 Å². The SMILES string of the molecule is CC(C)n1cc(NC=O)c(-c2cc(Cl)cc(NCc3ccccc3)c2F)n1. The van der Waals surface area contributed by atoms with Gasteiger partial charge in [-0.15, -0.1) is 0 Å². The molecule has 1 amide bonds. The standard InChI is InChI=1S/C20H20ClFN4O/c1-13(2)26-11-18(24-12-27)20(25-26)16-8-15(21)9-17(19(16)22)23-10-14-6-4-3-5-7-14/h3-9,11-13,23H,10H2,1-2H3,(H,24,27). The number of nitrogens with one attached hydrogen (secondary N) is 2. The highest BCUT2D eigenvalue weighted by molar-refractivity contribution is 6.31. The Labute approximate surface area is 162 Å². The molecule has 3 aromatic rings. The van der Waals surface area contributed by atoms with Crippen LogP contribution in [0.15, 0.2) is 48.7 Å². The third-order valence-electron chi connectivity index (χ3n) is 4.09. The Bertz CT molecular complexity index is 941. The Kier molecular flexibility index (Phi) is 5.76. The van der Waals surface area contributed by atoms with E-state index in [4.69, 9.17) is 11.6 Å². The van der Waals surface area contributed by atoms with Crippen LogP contribution in [0, 0.1) is 5.82 Å². The molecule has 0 saturated heterocycles. The van der Waals surface area contributed by atoms with Gasteiger partial charge in [-0.1, -0.05) is 41.9 Å². The number of carbonyl (C=O) groups excluding carboxylic acids is 1. The van der Waals surface area contributed by atoms with E-state index >= 15 is 4.39 Å². The number of carbonyl (C=O) groups is 1. The smallest absolute Gasteiger partial charge is 0.211 e. The summed E-state index contributed by atoms with van der Waals surface area (Å²) in [5.74, 6) is -0.474. The molecule has 0 saturated carbocycles. The van der Waals surface area contributed by atoms with Crippen LogP contribution in [0.2, 0.25) is 5.02 Å². The van der Waals surface area contributed by atoms with Crippen molar-refractivity contribution in [2.24, 2.45) is 0 Å². The van der Waals surface area contributed by atoms with Crippen molar-refractivity contribution in [2.45, 2.75) is 26.4 Å². The van der Waals surface area contributed by atoms with Gasteiger partial charge >= 0.3 is 0 Å². The summed E-state index contributed by atoms with van der Waals surface area (Å²) in [6.45, 7) is 4.35. The lowest BCUT2D eigenvalue weighted by atomic mass is 10.1. The molecular weight excluding hydrogens is 367 g/mol. The van der Waals surface area contributed by atoms with Crippen molar-refractivity contribution in [3.63, 3.8) is 0 Å². The minimum absolute atomic E-state index is 0.0591. The van der Waals surface area contributed by atoms with Gasteiger partial charge in [-0.2, -0.15) is 5.10 Å². The average Bonchev–Trinajstić information content (AvgIpc) is 3.07. The van der Waals surface area contributed by atoms with Crippen LogP contribution in [0.1, 0.15) is 25.5 Å². The lowest BCUT2D eigenvalue weighted by Gasteiger charge is -2.12. The summed E-state index contributed by atoms with van der Waals surface area (Å²) in [5, 5.41) is 10.5. The number of nitrogens with zero attached hydrogens (tertiary/aromatic N) is 2. The van der Waals surface area contributed by atoms with E-state index in [-0.39, 0.29) is 17.3 Å². The zero-order valence-electron chi connectivity index (χ0n) is 15.0. The van der Waals surface area contributed by atoms with Crippen LogP contribution in [0.5, 0.6) is 0 Å². The predicted molar refractivity (Wildman–Crippen MR) is 106 cm³/mol. The summed E-state index contributed by atoms with van der Waals surface area (Å²) < 4.78 is 16.9. The van der Waals surface area contributed by atoms with Crippen LogP contribution in [0.25, 0.3) is 11.3 Å². The first-order valence-electron chi connectivity index (χ1n) is 8.56. The summed E-state index contributed by atoms with van der Waals surface area (Å²) in [5.41, 5.74) is 2.28. The molecule has 2 aromatic carbocycles. The Balaban J connectivity index is 1.99. The molecule has 140 valence electrons. The first-order valence-corrected chi connectivity index (χ1v) is 8.94. The molecule has 0 bridgehead atoms. The van der Waals surface area contributed by atoms with Gasteiger partial charge in [-0.3, -0.25) is 9.48 Å². The molecule has 27 heavy (non-hydrogen) atoms. The minimum Gasteiger partial charge on any atom is -0.379 e. The molecule has 0 atom stereocenters. The Morgan fingerprint density at radius 2 is 1.96 bits per heavy atom. The van der Waals surface area contributed by atoms with E-state index in [0.717, 1.165) is 5.56 Å². The molecule has 3 rings (SSSR count). The molecule has 5 nitrogen and oxygen atoms in total. The van der Waals surface area contributed by atoms with Crippen LogP contribution < -0.4 is 10.6 Å². The lowest BCUT2D eigenvalue weighted by molar-refractivity contribution is -0.105. The van der Waals surface area contributed by atoms with Crippen LogP contribution in [0.3, 0.4) is 0 Å². The van der Waals surface area contributed by atoms with Crippen LogP contribution in [-0.2, 0) is 11.3 Å². The molecule has 0 fully saturated rings. The van der Waals surface area contributed by atoms with Gasteiger partial charge in [-0.25, -0.2) is 4.39 Å². The number of halogens is 2. The number of hydrogen-bond donors (Lipinski definition) is 2. The molecule has 7 heteroatoms. The highest BCUT2D eigenvalue weighted by atomic mass is 35.5. The Morgan fingerprint density at radius 1 is 1.22 bits per heavy atom. The molecule has 1 aromatic heterocycles. The van der Waals surface area contributed by atoms with Crippen molar-refractivity contribution in [2.75, 3.05) is 10.6 Å². The van der Waals surface area contributed by atoms with E-state index < -0.39 is 5.82 Å². The largest absolute Gasteiger partial charge is 0.379 e. The van der Waals surface area contributed by atoms with E-state index in [1.807, 2.05) is 44.2 Å². The summed E-state index contributed by atoms with van der Waals surface area (Å²) in [4.78, 5) is 10.9. The van der Waals surface area contributed by atoms with E-state index in [1.54, 1.807) is 10.9 Å². The zero-order chi connectivity index (χ0) is 19.4. The van der Waals surface area contributed by atoms with E-state index in [9.17, 15) is 4.79 Å². The second-order valence-electron chi connectivity index (χ2n) is 6.38. The number of aromatic nitrogens is 2.